The van der Waals surface area contributed by atoms with Crippen molar-refractivity contribution in [3.8, 4) is 34.3 Å². The SMILES string of the molecule is CC(C)NC(=O)c1nn(-c2ccc(O)cc2)c(=O)c2c(N)scc12.CC(C)NC(=O)c1nn(-c2ccc(O)cc2)c(=O)c2c(NC(=O)OC(C)(C)C)scc12.CC(C)NC(=O)c1nn(-c2ccc(OCCF)cc2)c(=O)c2c(NC(=O)OC(C)(C)C)scc12.Cc1ccc(S(=O)(=O)OCCF)cc1. The molecule has 9 N–H and O–H groups in total. The van der Waals surface area contributed by atoms with Crippen molar-refractivity contribution < 1.29 is 69.8 Å². The zero-order valence-corrected chi connectivity index (χ0v) is 61.6. The van der Waals surface area contributed by atoms with E-state index in [1.165, 1.54) is 59.9 Å². The standard InChI is InChI=1S/C23H27FN4O5S.C21H24N4O5S.C16H16N4O3S.C9H11FO3S/c1-13(2)25-19(29)18-16-12-34-20(26-22(31)33-23(3,4)5)17(16)21(30)28(27-18)14-6-8-15(9-7-14)32-11-10-24;1-11(2)22-17(27)16-14-10-31-18(23-20(29)30-21(3,4)5)15(14)19(28)25(24-16)12-6-8-13(26)9-7-12;1-8(2)18-15(22)13-11-7-24-14(17)12(11)16(23)20(19-13)9-3-5-10(21)6-4-9;1-8-2-4-9(5-3-8)14(11,12)13-7-6-10/h6-9,12-13H,10-11H2,1-5H3,(H,25,29)(H,26,31);6-11,26H,1-5H3,(H,22,27)(H,23,29);3-8,21H,17H2,1-2H3,(H,18,22);2-5H,6-7H2,1H3. The first kappa shape index (κ1) is 79.6. The van der Waals surface area contributed by atoms with Crippen LogP contribution in [0.25, 0.3) is 49.4 Å². The predicted octanol–water partition coefficient (Wildman–Crippen LogP) is 11.5. The number of aromatic hydroxyl groups is 2. The number of nitrogen functional groups attached to an aromatic ring is 1. The van der Waals surface area contributed by atoms with Crippen LogP contribution >= 0.6 is 34.0 Å². The summed E-state index contributed by atoms with van der Waals surface area (Å²) in [4.78, 5) is 102. The molecule has 10 aromatic rings. The van der Waals surface area contributed by atoms with E-state index in [0.29, 0.717) is 44.0 Å². The van der Waals surface area contributed by atoms with Gasteiger partial charge in [0.05, 0.1) is 49.7 Å². The number of rotatable bonds is 18. The number of benzene rings is 4. The van der Waals surface area contributed by atoms with Crippen LogP contribution in [0, 0.1) is 6.92 Å². The van der Waals surface area contributed by atoms with Gasteiger partial charge >= 0.3 is 12.2 Å². The maximum atomic E-state index is 13.4. The van der Waals surface area contributed by atoms with E-state index in [1.807, 2.05) is 48.5 Å². The van der Waals surface area contributed by atoms with Crippen molar-refractivity contribution in [2.24, 2.45) is 0 Å². The van der Waals surface area contributed by atoms with Gasteiger partial charge in [-0.05, 0) is 175 Å². The lowest BCUT2D eigenvalue weighted by Crippen LogP contribution is -2.33. The van der Waals surface area contributed by atoms with Gasteiger partial charge in [-0.25, -0.2) is 18.4 Å². The first-order valence-electron chi connectivity index (χ1n) is 31.6. The summed E-state index contributed by atoms with van der Waals surface area (Å²) in [6.07, 6.45) is -1.43. The van der Waals surface area contributed by atoms with Gasteiger partial charge in [0, 0.05) is 50.4 Å². The first-order chi connectivity index (χ1) is 48.4. The van der Waals surface area contributed by atoms with Gasteiger partial charge in [-0.1, -0.05) is 17.7 Å². The molecule has 0 radical (unpaired) electrons. The van der Waals surface area contributed by atoms with Crippen molar-refractivity contribution in [1.82, 2.24) is 45.3 Å². The van der Waals surface area contributed by atoms with Crippen molar-refractivity contribution in [2.45, 2.75) is 124 Å². The molecule has 0 aliphatic heterocycles. The number of hydrogen-bond donors (Lipinski definition) is 8. The first-order valence-corrected chi connectivity index (χ1v) is 35.7. The van der Waals surface area contributed by atoms with Gasteiger partial charge in [0.15, 0.2) is 17.1 Å². The largest absolute Gasteiger partial charge is 0.508 e. The Bertz CT molecular complexity index is 5000. The van der Waals surface area contributed by atoms with E-state index < -0.39 is 82.0 Å². The summed E-state index contributed by atoms with van der Waals surface area (Å²) in [5.74, 6) is -0.761. The molecule has 10 rings (SSSR count). The molecule has 28 nitrogen and oxygen atoms in total. The van der Waals surface area contributed by atoms with E-state index in [1.54, 1.807) is 106 Å². The van der Waals surface area contributed by atoms with E-state index in [0.717, 1.165) is 42.3 Å². The number of phenols is 2. The number of aromatic nitrogens is 6. The molecule has 6 aromatic heterocycles. The topological polar surface area (TPSA) is 388 Å². The van der Waals surface area contributed by atoms with E-state index in [4.69, 9.17) is 19.9 Å². The summed E-state index contributed by atoms with van der Waals surface area (Å²) in [5.41, 5.74) is 5.36. The predicted molar refractivity (Wildman–Crippen MR) is 393 cm³/mol. The van der Waals surface area contributed by atoms with Crippen LogP contribution in [0.15, 0.2) is 132 Å². The van der Waals surface area contributed by atoms with Crippen molar-refractivity contribution >= 4 is 121 Å². The number of thiophene rings is 3. The second kappa shape index (κ2) is 34.3. The summed E-state index contributed by atoms with van der Waals surface area (Å²) < 4.78 is 70.2. The molecular weight excluding hydrogens is 1420 g/mol. The molecule has 103 heavy (non-hydrogen) atoms. The van der Waals surface area contributed by atoms with Gasteiger partial charge in [0.1, 0.15) is 58.4 Å². The molecule has 0 saturated carbocycles. The average molecular weight is 1500 g/mol. The smallest absolute Gasteiger partial charge is 0.412 e. The summed E-state index contributed by atoms with van der Waals surface area (Å²) in [5, 5.41) is 52.7. The molecule has 0 aliphatic carbocycles. The summed E-state index contributed by atoms with van der Waals surface area (Å²) in [6.45, 7) is 21.2. The molecule has 0 unspecified atom stereocenters. The third-order valence-electron chi connectivity index (χ3n) is 13.4. The fourth-order valence-corrected chi connectivity index (χ4v) is 12.6. The second-order valence-corrected chi connectivity index (χ2v) is 29.6. The van der Waals surface area contributed by atoms with Crippen LogP contribution in [-0.4, -0.2) is 134 Å². The zero-order chi connectivity index (χ0) is 76.0. The third-order valence-corrected chi connectivity index (χ3v) is 17.3. The van der Waals surface area contributed by atoms with Crippen LogP contribution in [0.2, 0.25) is 0 Å². The number of amides is 5. The minimum Gasteiger partial charge on any atom is -0.508 e. The number of alkyl halides is 2. The Morgan fingerprint density at radius 3 is 1.21 bits per heavy atom. The molecule has 0 spiro atoms. The van der Waals surface area contributed by atoms with E-state index in [9.17, 15) is 65.8 Å². The Balaban J connectivity index is 0.000000200. The van der Waals surface area contributed by atoms with Gasteiger partial charge in [-0.15, -0.1) is 34.0 Å². The summed E-state index contributed by atoms with van der Waals surface area (Å²) in [6, 6.07) is 23.9. The van der Waals surface area contributed by atoms with E-state index >= 15 is 0 Å². The molecule has 34 heteroatoms. The van der Waals surface area contributed by atoms with Gasteiger partial charge in [0.2, 0.25) is 0 Å². The average Bonchev–Trinajstić information content (AvgIpc) is 1.69. The highest BCUT2D eigenvalue weighted by molar-refractivity contribution is 7.86. The van der Waals surface area contributed by atoms with Crippen molar-refractivity contribution in [3.05, 3.63) is 167 Å². The molecule has 0 bridgehead atoms. The summed E-state index contributed by atoms with van der Waals surface area (Å²) in [7, 11) is -3.78. The molecule has 548 valence electrons. The minimum atomic E-state index is -3.78. The zero-order valence-electron chi connectivity index (χ0n) is 58.3. The van der Waals surface area contributed by atoms with Crippen LogP contribution < -0.4 is 53.7 Å². The number of anilines is 3. The van der Waals surface area contributed by atoms with E-state index in [-0.39, 0.29) is 90.3 Å². The Kier molecular flexibility index (Phi) is 26.5. The van der Waals surface area contributed by atoms with Gasteiger partial charge in [0.25, 0.3) is 44.5 Å². The van der Waals surface area contributed by atoms with Crippen LogP contribution in [0.3, 0.4) is 0 Å². The highest BCUT2D eigenvalue weighted by Gasteiger charge is 2.28. The minimum absolute atomic E-state index is 0.0264. The maximum Gasteiger partial charge on any atom is 0.412 e. The number of phenolic OH excluding ortho intramolecular Hbond substituents is 2. The quantitative estimate of drug-likeness (QED) is 0.0370. The normalized spacial score (nSPS) is 11.4. The lowest BCUT2D eigenvalue weighted by atomic mass is 10.2. The number of carbonyl (C=O) groups is 5. The second-order valence-electron chi connectivity index (χ2n) is 25.3. The fourth-order valence-electron chi connectivity index (χ4n) is 9.11. The van der Waals surface area contributed by atoms with Gasteiger partial charge < -0.3 is 46.1 Å². The lowest BCUT2D eigenvalue weighted by Gasteiger charge is -2.19. The van der Waals surface area contributed by atoms with Crippen LogP contribution in [0.4, 0.5) is 33.4 Å². The Labute approximate surface area is 601 Å². The summed E-state index contributed by atoms with van der Waals surface area (Å²) >= 11 is 3.39. The van der Waals surface area contributed by atoms with E-state index in [2.05, 4.69) is 46.1 Å². The van der Waals surface area contributed by atoms with Crippen molar-refractivity contribution in [1.29, 1.82) is 0 Å². The van der Waals surface area contributed by atoms with Gasteiger partial charge in [-0.2, -0.15) is 37.8 Å². The molecule has 5 amide bonds. The third kappa shape index (κ3) is 21.2. The Morgan fingerprint density at radius 1 is 0.524 bits per heavy atom. The monoisotopic (exact) mass is 1500 g/mol. The molecular formula is C69H78F2N12O16S4. The number of halogens is 2. The van der Waals surface area contributed by atoms with Crippen molar-refractivity contribution in [3.63, 3.8) is 0 Å². The number of nitrogens with two attached hydrogens (primary N) is 1. The molecule has 4 aromatic carbocycles. The Morgan fingerprint density at radius 2 is 0.864 bits per heavy atom. The molecule has 6 heterocycles. The number of nitrogens with one attached hydrogen (secondary N) is 5. The fraction of sp³-hybridized carbons (Fsp3) is 0.319. The number of carbonyl (C=O) groups excluding carboxylic acids is 5. The molecule has 0 fully saturated rings. The van der Waals surface area contributed by atoms with Crippen LogP contribution in [0.1, 0.15) is 120 Å². The Hall–Kier alpha value is -10.7. The maximum absolute atomic E-state index is 13.4. The van der Waals surface area contributed by atoms with Crippen LogP contribution in [-0.2, 0) is 23.8 Å². The highest BCUT2D eigenvalue weighted by atomic mass is 32.2. The molecule has 0 saturated heterocycles. The number of nitrogens with zero attached hydrogens (tertiary/aromatic N) is 6. The highest BCUT2D eigenvalue weighted by Crippen LogP contribution is 2.34. The number of fused-ring (bicyclic) bond motifs is 3. The number of aryl methyl sites for hydroxylation is 1. The van der Waals surface area contributed by atoms with Crippen LogP contribution in [0.5, 0.6) is 17.2 Å². The molecule has 0 aliphatic rings. The number of ether oxygens (including phenoxy) is 3. The van der Waals surface area contributed by atoms with Crippen molar-refractivity contribution in [2.75, 3.05) is 42.9 Å². The number of hydrogen-bond acceptors (Lipinski definition) is 23. The molecule has 0 atom stereocenters. The van der Waals surface area contributed by atoms with Gasteiger partial charge in [-0.3, -0.25) is 43.6 Å². The lowest BCUT2D eigenvalue weighted by molar-refractivity contribution is 0.0625.